The molecule has 0 aliphatic rings. The minimum atomic E-state index is -0.258. The van der Waals surface area contributed by atoms with Gasteiger partial charge in [-0.2, -0.15) is 0 Å². The van der Waals surface area contributed by atoms with Gasteiger partial charge in [0.2, 0.25) is 0 Å². The van der Waals surface area contributed by atoms with Crippen LogP contribution in [0.3, 0.4) is 0 Å². The zero-order valence-corrected chi connectivity index (χ0v) is 18.0. The Labute approximate surface area is 160 Å². The molecule has 0 heterocycles. The number of nitrogens with zero attached hydrogens (tertiary/aromatic N) is 1. The van der Waals surface area contributed by atoms with Gasteiger partial charge in [-0.3, -0.25) is 0 Å². The van der Waals surface area contributed by atoms with E-state index in [2.05, 4.69) is 47.6 Å². The van der Waals surface area contributed by atoms with Gasteiger partial charge in [0.1, 0.15) is 6.61 Å². The Hall–Kier alpha value is -1.77. The van der Waals surface area contributed by atoms with Crippen LogP contribution in [0.5, 0.6) is 0 Å². The summed E-state index contributed by atoms with van der Waals surface area (Å²) in [6.07, 6.45) is 5.34. The van der Waals surface area contributed by atoms with E-state index in [-0.39, 0.29) is 11.4 Å². The molecule has 0 unspecified atom stereocenters. The van der Waals surface area contributed by atoms with E-state index in [9.17, 15) is 4.79 Å². The van der Waals surface area contributed by atoms with Gasteiger partial charge < -0.3 is 9.64 Å². The molecule has 0 amide bonds. The summed E-state index contributed by atoms with van der Waals surface area (Å²) in [6, 6.07) is 7.52. The number of allylic oxidation sites excluding steroid dienone is 1. The molecule has 146 valence electrons. The molecule has 3 heteroatoms. The van der Waals surface area contributed by atoms with E-state index in [1.807, 2.05) is 43.3 Å². The molecule has 1 aromatic carbocycles. The van der Waals surface area contributed by atoms with Crippen molar-refractivity contribution in [1.82, 2.24) is 0 Å². The number of carbonyl (C=O) groups excluding carboxylic acids is 1. The first-order valence-electron chi connectivity index (χ1n) is 9.50. The first-order chi connectivity index (χ1) is 11.9. The molecular weight excluding hydrogens is 322 g/mol. The molecular formula is C23H37NO2. The van der Waals surface area contributed by atoms with Crippen LogP contribution in [0.4, 0.5) is 5.69 Å². The van der Waals surface area contributed by atoms with Crippen molar-refractivity contribution in [1.29, 1.82) is 0 Å². The standard InChI is InChI=1S/C23H37NO2/c1-22(2,3)15-9-10-18(16-23(4,5)6)17-26-21(25)19-11-13-20(14-12-19)24(7)8/h10-14H,9,15-17H2,1-8H3. The van der Waals surface area contributed by atoms with Crippen LogP contribution < -0.4 is 4.90 Å². The molecule has 0 aliphatic carbocycles. The zero-order valence-electron chi connectivity index (χ0n) is 18.0. The molecule has 0 N–H and O–H groups in total. The van der Waals surface area contributed by atoms with Crippen LogP contribution in [0, 0.1) is 10.8 Å². The van der Waals surface area contributed by atoms with Crippen molar-refractivity contribution < 1.29 is 9.53 Å². The van der Waals surface area contributed by atoms with Gasteiger partial charge in [0.15, 0.2) is 0 Å². The van der Waals surface area contributed by atoms with E-state index in [1.54, 1.807) is 0 Å². The summed E-state index contributed by atoms with van der Waals surface area (Å²) in [7, 11) is 3.96. The molecule has 0 saturated heterocycles. The number of hydrogen-bond donors (Lipinski definition) is 0. The van der Waals surface area contributed by atoms with Crippen LogP contribution in [0.2, 0.25) is 0 Å². The molecule has 0 atom stereocenters. The number of ether oxygens (including phenoxy) is 1. The van der Waals surface area contributed by atoms with E-state index in [1.165, 1.54) is 5.57 Å². The van der Waals surface area contributed by atoms with Gasteiger partial charge in [0, 0.05) is 19.8 Å². The maximum atomic E-state index is 12.4. The molecule has 0 aromatic heterocycles. The quantitative estimate of drug-likeness (QED) is 0.435. The third-order valence-electron chi connectivity index (χ3n) is 4.09. The number of anilines is 1. The van der Waals surface area contributed by atoms with E-state index in [0.717, 1.165) is 24.9 Å². The Morgan fingerprint density at radius 2 is 1.58 bits per heavy atom. The number of carbonyl (C=O) groups is 1. The molecule has 0 saturated carbocycles. The van der Waals surface area contributed by atoms with Crippen molar-refractivity contribution in [2.75, 3.05) is 25.6 Å². The van der Waals surface area contributed by atoms with Crippen LogP contribution in [0.25, 0.3) is 0 Å². The molecule has 0 spiro atoms. The van der Waals surface area contributed by atoms with Gasteiger partial charge in [-0.15, -0.1) is 0 Å². The normalized spacial score (nSPS) is 12.8. The van der Waals surface area contributed by atoms with Gasteiger partial charge in [-0.1, -0.05) is 47.6 Å². The van der Waals surface area contributed by atoms with Crippen molar-refractivity contribution in [2.45, 2.75) is 60.8 Å². The van der Waals surface area contributed by atoms with Gasteiger partial charge >= 0.3 is 5.97 Å². The molecule has 26 heavy (non-hydrogen) atoms. The molecule has 0 radical (unpaired) electrons. The number of rotatable bonds is 7. The zero-order chi connectivity index (χ0) is 20.0. The third kappa shape index (κ3) is 9.07. The van der Waals surface area contributed by atoms with Gasteiger partial charge in [0.25, 0.3) is 0 Å². The summed E-state index contributed by atoms with van der Waals surface area (Å²) in [5, 5.41) is 0. The van der Waals surface area contributed by atoms with Crippen LogP contribution in [0.15, 0.2) is 35.9 Å². The highest BCUT2D eigenvalue weighted by molar-refractivity contribution is 5.89. The largest absolute Gasteiger partial charge is 0.458 e. The SMILES string of the molecule is CN(C)c1ccc(C(=O)OCC(=CCCC(C)(C)C)CC(C)(C)C)cc1. The fourth-order valence-electron chi connectivity index (χ4n) is 2.71. The summed E-state index contributed by atoms with van der Waals surface area (Å²) in [5.41, 5.74) is 3.36. The number of esters is 1. The van der Waals surface area contributed by atoms with E-state index in [0.29, 0.717) is 17.6 Å². The van der Waals surface area contributed by atoms with E-state index >= 15 is 0 Å². The maximum absolute atomic E-state index is 12.4. The van der Waals surface area contributed by atoms with Crippen molar-refractivity contribution in [3.8, 4) is 0 Å². The fraction of sp³-hybridized carbons (Fsp3) is 0.609. The van der Waals surface area contributed by atoms with Crippen LogP contribution in [-0.2, 0) is 4.74 Å². The Kier molecular flexibility index (Phi) is 7.92. The van der Waals surface area contributed by atoms with E-state index < -0.39 is 0 Å². The first kappa shape index (κ1) is 22.3. The number of hydrogen-bond acceptors (Lipinski definition) is 3. The van der Waals surface area contributed by atoms with Gasteiger partial charge in [-0.05, 0) is 59.9 Å². The average Bonchev–Trinajstić information content (AvgIpc) is 2.49. The molecule has 1 aromatic rings. The Morgan fingerprint density at radius 3 is 2.04 bits per heavy atom. The smallest absolute Gasteiger partial charge is 0.338 e. The summed E-state index contributed by atoms with van der Waals surface area (Å²) in [6.45, 7) is 13.8. The third-order valence-corrected chi connectivity index (χ3v) is 4.09. The second kappa shape index (κ2) is 9.25. The predicted molar refractivity (Wildman–Crippen MR) is 112 cm³/mol. The van der Waals surface area contributed by atoms with Crippen LogP contribution >= 0.6 is 0 Å². The summed E-state index contributed by atoms with van der Waals surface area (Å²) < 4.78 is 5.60. The van der Waals surface area contributed by atoms with Gasteiger partial charge in [0.05, 0.1) is 5.56 Å². The van der Waals surface area contributed by atoms with Crippen LogP contribution in [0.1, 0.15) is 71.2 Å². The Morgan fingerprint density at radius 1 is 1.00 bits per heavy atom. The second-order valence-corrected chi connectivity index (χ2v) is 9.72. The summed E-state index contributed by atoms with van der Waals surface area (Å²) in [4.78, 5) is 14.4. The predicted octanol–water partition coefficient (Wildman–Crippen LogP) is 6.10. The van der Waals surface area contributed by atoms with Crippen molar-refractivity contribution in [2.24, 2.45) is 10.8 Å². The highest BCUT2D eigenvalue weighted by Gasteiger charge is 2.16. The average molecular weight is 360 g/mol. The first-order valence-corrected chi connectivity index (χ1v) is 9.50. The second-order valence-electron chi connectivity index (χ2n) is 9.72. The van der Waals surface area contributed by atoms with Crippen molar-refractivity contribution >= 4 is 11.7 Å². The van der Waals surface area contributed by atoms with Gasteiger partial charge in [-0.25, -0.2) is 4.79 Å². The lowest BCUT2D eigenvalue weighted by Crippen LogP contribution is -2.14. The highest BCUT2D eigenvalue weighted by atomic mass is 16.5. The summed E-state index contributed by atoms with van der Waals surface area (Å²) >= 11 is 0. The molecule has 3 nitrogen and oxygen atoms in total. The lowest BCUT2D eigenvalue weighted by molar-refractivity contribution is 0.0533. The minimum absolute atomic E-state index is 0.174. The topological polar surface area (TPSA) is 29.5 Å². The number of benzene rings is 1. The lowest BCUT2D eigenvalue weighted by Gasteiger charge is -2.22. The lowest BCUT2D eigenvalue weighted by atomic mass is 9.86. The Balaban J connectivity index is 2.71. The van der Waals surface area contributed by atoms with Crippen LogP contribution in [-0.4, -0.2) is 26.7 Å². The molecule has 0 bridgehead atoms. The fourth-order valence-corrected chi connectivity index (χ4v) is 2.71. The molecule has 0 aliphatic heterocycles. The van der Waals surface area contributed by atoms with Crippen molar-refractivity contribution in [3.05, 3.63) is 41.5 Å². The maximum Gasteiger partial charge on any atom is 0.338 e. The summed E-state index contributed by atoms with van der Waals surface area (Å²) in [5.74, 6) is -0.258. The molecule has 0 fully saturated rings. The van der Waals surface area contributed by atoms with Crippen molar-refractivity contribution in [3.63, 3.8) is 0 Å². The monoisotopic (exact) mass is 359 g/mol. The molecule has 1 rings (SSSR count). The van der Waals surface area contributed by atoms with E-state index in [4.69, 9.17) is 4.74 Å². The minimum Gasteiger partial charge on any atom is -0.458 e. The highest BCUT2D eigenvalue weighted by Crippen LogP contribution is 2.27. The Bertz CT molecular complexity index is 599.